The summed E-state index contributed by atoms with van der Waals surface area (Å²) in [6.07, 6.45) is 2.46. The zero-order chi connectivity index (χ0) is 10.8. The molecule has 0 heterocycles. The SMILES string of the molecule is C=CC[C@@](C)(N)c1ccc(Cl)cc1Cl. The zero-order valence-corrected chi connectivity index (χ0v) is 9.57. The lowest BCUT2D eigenvalue weighted by atomic mass is 9.90. The average Bonchev–Trinajstić information content (AvgIpc) is 2.02. The minimum absolute atomic E-state index is 0.483. The maximum atomic E-state index is 6.10. The smallest absolute Gasteiger partial charge is 0.0471 e. The Morgan fingerprint density at radius 1 is 1.50 bits per heavy atom. The molecular weight excluding hydrogens is 217 g/mol. The minimum atomic E-state index is -0.483. The van der Waals surface area contributed by atoms with E-state index < -0.39 is 5.54 Å². The van der Waals surface area contributed by atoms with Crippen molar-refractivity contribution in [2.75, 3.05) is 0 Å². The highest BCUT2D eigenvalue weighted by molar-refractivity contribution is 6.35. The van der Waals surface area contributed by atoms with E-state index in [-0.39, 0.29) is 0 Å². The summed E-state index contributed by atoms with van der Waals surface area (Å²) < 4.78 is 0. The Labute approximate surface area is 94.5 Å². The van der Waals surface area contributed by atoms with E-state index in [2.05, 4.69) is 6.58 Å². The van der Waals surface area contributed by atoms with Crippen molar-refractivity contribution in [3.63, 3.8) is 0 Å². The largest absolute Gasteiger partial charge is 0.321 e. The molecule has 0 amide bonds. The Bertz CT molecular complexity index is 345. The molecule has 2 N–H and O–H groups in total. The van der Waals surface area contributed by atoms with Crippen molar-refractivity contribution < 1.29 is 0 Å². The molecule has 1 rings (SSSR count). The lowest BCUT2D eigenvalue weighted by Gasteiger charge is -2.24. The van der Waals surface area contributed by atoms with Crippen molar-refractivity contribution in [1.29, 1.82) is 0 Å². The summed E-state index contributed by atoms with van der Waals surface area (Å²) in [5, 5.41) is 1.22. The summed E-state index contributed by atoms with van der Waals surface area (Å²) in [5.74, 6) is 0. The van der Waals surface area contributed by atoms with Crippen LogP contribution in [0.1, 0.15) is 18.9 Å². The molecule has 0 saturated carbocycles. The van der Waals surface area contributed by atoms with Crippen LogP contribution in [0.2, 0.25) is 10.0 Å². The maximum absolute atomic E-state index is 6.10. The van der Waals surface area contributed by atoms with E-state index in [9.17, 15) is 0 Å². The molecule has 0 radical (unpaired) electrons. The minimum Gasteiger partial charge on any atom is -0.321 e. The van der Waals surface area contributed by atoms with E-state index in [1.54, 1.807) is 18.2 Å². The molecule has 0 bridgehead atoms. The van der Waals surface area contributed by atoms with Crippen molar-refractivity contribution in [3.8, 4) is 0 Å². The number of rotatable bonds is 3. The summed E-state index contributed by atoms with van der Waals surface area (Å²) in [4.78, 5) is 0. The summed E-state index contributed by atoms with van der Waals surface area (Å²) >= 11 is 11.8. The topological polar surface area (TPSA) is 26.0 Å². The van der Waals surface area contributed by atoms with Gasteiger partial charge in [-0.3, -0.25) is 0 Å². The number of hydrogen-bond donors (Lipinski definition) is 1. The van der Waals surface area contributed by atoms with Crippen LogP contribution in [0.3, 0.4) is 0 Å². The number of halogens is 2. The molecule has 0 saturated heterocycles. The van der Waals surface area contributed by atoms with Crippen LogP contribution >= 0.6 is 23.2 Å². The van der Waals surface area contributed by atoms with Gasteiger partial charge in [-0.2, -0.15) is 0 Å². The van der Waals surface area contributed by atoms with Gasteiger partial charge in [-0.1, -0.05) is 35.3 Å². The molecule has 1 atom stereocenters. The van der Waals surface area contributed by atoms with E-state index in [1.807, 2.05) is 13.0 Å². The predicted octanol–water partition coefficient (Wildman–Crippen LogP) is 3.74. The van der Waals surface area contributed by atoms with Crippen molar-refractivity contribution in [3.05, 3.63) is 46.5 Å². The van der Waals surface area contributed by atoms with Crippen LogP contribution in [0.5, 0.6) is 0 Å². The van der Waals surface area contributed by atoms with Crippen LogP contribution < -0.4 is 5.73 Å². The normalized spacial score (nSPS) is 14.9. The van der Waals surface area contributed by atoms with Gasteiger partial charge in [0.1, 0.15) is 0 Å². The van der Waals surface area contributed by atoms with Gasteiger partial charge < -0.3 is 5.73 Å². The van der Waals surface area contributed by atoms with Crippen LogP contribution in [0.15, 0.2) is 30.9 Å². The molecule has 1 aromatic carbocycles. The third-order valence-electron chi connectivity index (χ3n) is 2.11. The molecule has 1 aromatic rings. The van der Waals surface area contributed by atoms with Crippen LogP contribution in [-0.2, 0) is 5.54 Å². The first kappa shape index (κ1) is 11.6. The Morgan fingerprint density at radius 2 is 2.14 bits per heavy atom. The first-order valence-corrected chi connectivity index (χ1v) is 5.08. The molecule has 0 aliphatic rings. The summed E-state index contributed by atoms with van der Waals surface area (Å²) in [5.41, 5.74) is 6.51. The molecule has 0 aliphatic heterocycles. The van der Waals surface area contributed by atoms with Gasteiger partial charge in [0, 0.05) is 15.6 Å². The Hall–Kier alpha value is -0.500. The van der Waals surface area contributed by atoms with Crippen molar-refractivity contribution in [2.45, 2.75) is 18.9 Å². The lowest BCUT2D eigenvalue weighted by molar-refractivity contribution is 0.503. The third-order valence-corrected chi connectivity index (χ3v) is 2.66. The van der Waals surface area contributed by atoms with Gasteiger partial charge in [-0.25, -0.2) is 0 Å². The molecule has 76 valence electrons. The van der Waals surface area contributed by atoms with Crippen molar-refractivity contribution in [2.24, 2.45) is 5.73 Å². The highest BCUT2D eigenvalue weighted by Crippen LogP contribution is 2.30. The fourth-order valence-corrected chi connectivity index (χ4v) is 1.99. The Morgan fingerprint density at radius 3 is 2.64 bits per heavy atom. The summed E-state index contributed by atoms with van der Waals surface area (Å²) in [6, 6.07) is 5.35. The number of hydrogen-bond acceptors (Lipinski definition) is 1. The third kappa shape index (κ3) is 2.50. The Kier molecular flexibility index (Phi) is 3.59. The molecule has 0 spiro atoms. The fourth-order valence-electron chi connectivity index (χ4n) is 1.36. The number of benzene rings is 1. The van der Waals surface area contributed by atoms with Gasteiger partial charge in [-0.05, 0) is 31.0 Å². The zero-order valence-electron chi connectivity index (χ0n) is 8.06. The molecule has 0 unspecified atom stereocenters. The van der Waals surface area contributed by atoms with Gasteiger partial charge in [0.25, 0.3) is 0 Å². The highest BCUT2D eigenvalue weighted by atomic mass is 35.5. The first-order valence-electron chi connectivity index (χ1n) is 4.32. The standard InChI is InChI=1S/C11H13Cl2N/c1-3-6-11(2,14)9-5-4-8(12)7-10(9)13/h3-5,7H,1,6,14H2,2H3/t11-/m1/s1. The van der Waals surface area contributed by atoms with E-state index >= 15 is 0 Å². The molecule has 0 aromatic heterocycles. The van der Waals surface area contributed by atoms with Gasteiger partial charge in [-0.15, -0.1) is 6.58 Å². The van der Waals surface area contributed by atoms with Gasteiger partial charge in [0.05, 0.1) is 0 Å². The van der Waals surface area contributed by atoms with E-state index in [4.69, 9.17) is 28.9 Å². The molecule has 3 heteroatoms. The average molecular weight is 230 g/mol. The monoisotopic (exact) mass is 229 g/mol. The molecule has 0 aliphatic carbocycles. The van der Waals surface area contributed by atoms with Gasteiger partial charge >= 0.3 is 0 Å². The predicted molar refractivity (Wildman–Crippen MR) is 62.8 cm³/mol. The highest BCUT2D eigenvalue weighted by Gasteiger charge is 2.22. The molecule has 14 heavy (non-hydrogen) atoms. The second-order valence-corrected chi connectivity index (χ2v) is 4.38. The lowest BCUT2D eigenvalue weighted by Crippen LogP contribution is -2.32. The van der Waals surface area contributed by atoms with Crippen LogP contribution in [0.25, 0.3) is 0 Å². The van der Waals surface area contributed by atoms with Crippen LogP contribution in [0.4, 0.5) is 0 Å². The van der Waals surface area contributed by atoms with Crippen molar-refractivity contribution >= 4 is 23.2 Å². The first-order chi connectivity index (χ1) is 6.47. The van der Waals surface area contributed by atoms with Crippen molar-refractivity contribution in [1.82, 2.24) is 0 Å². The Balaban J connectivity index is 3.12. The van der Waals surface area contributed by atoms with E-state index in [0.717, 1.165) is 5.56 Å². The summed E-state index contributed by atoms with van der Waals surface area (Å²) in [7, 11) is 0. The quantitative estimate of drug-likeness (QED) is 0.786. The number of nitrogens with two attached hydrogens (primary N) is 1. The molecule has 0 fully saturated rings. The van der Waals surface area contributed by atoms with Gasteiger partial charge in [0.2, 0.25) is 0 Å². The second kappa shape index (κ2) is 4.35. The van der Waals surface area contributed by atoms with E-state index in [1.165, 1.54) is 0 Å². The summed E-state index contributed by atoms with van der Waals surface area (Å²) in [6.45, 7) is 5.59. The second-order valence-electron chi connectivity index (χ2n) is 3.53. The fraction of sp³-hybridized carbons (Fsp3) is 0.273. The molecular formula is C11H13Cl2N. The van der Waals surface area contributed by atoms with Gasteiger partial charge in [0.15, 0.2) is 0 Å². The van der Waals surface area contributed by atoms with E-state index in [0.29, 0.717) is 16.5 Å². The maximum Gasteiger partial charge on any atom is 0.0471 e. The van der Waals surface area contributed by atoms with Crippen LogP contribution in [0, 0.1) is 0 Å². The van der Waals surface area contributed by atoms with Crippen LogP contribution in [-0.4, -0.2) is 0 Å². The molecule has 1 nitrogen and oxygen atoms in total.